The number of carbonyl (C=O) groups excluding carboxylic acids is 1. The lowest BCUT2D eigenvalue weighted by molar-refractivity contribution is 0.0693. The Kier molecular flexibility index (Phi) is 4.61. The van der Waals surface area contributed by atoms with Gasteiger partial charge in [0.25, 0.3) is 0 Å². The minimum Gasteiger partial charge on any atom is -0.506 e. The first-order valence-electron chi connectivity index (χ1n) is 7.91. The first-order chi connectivity index (χ1) is 12.3. The molecule has 0 unspecified atom stereocenters. The van der Waals surface area contributed by atoms with Crippen LogP contribution >= 0.6 is 11.6 Å². The number of aryl methyl sites for hydroxylation is 2. The van der Waals surface area contributed by atoms with Crippen LogP contribution in [0.2, 0.25) is 5.02 Å². The number of nitrogen functional groups attached to an aromatic ring is 1. The molecule has 134 valence electrons. The number of hydrogen-bond donors (Lipinski definition) is 3. The average Bonchev–Trinajstić information content (AvgIpc) is 2.91. The number of benzene rings is 2. The van der Waals surface area contributed by atoms with E-state index in [-0.39, 0.29) is 39.9 Å². The summed E-state index contributed by atoms with van der Waals surface area (Å²) >= 11 is 6.08. The van der Waals surface area contributed by atoms with Crippen LogP contribution in [0.15, 0.2) is 36.5 Å². The highest BCUT2D eigenvalue weighted by Crippen LogP contribution is 2.32. The number of Topliss-reactive ketones (excluding diaryl/α,β-unsaturated/α-hetero) is 1. The third kappa shape index (κ3) is 3.11. The van der Waals surface area contributed by atoms with Crippen molar-refractivity contribution in [3.63, 3.8) is 0 Å². The minimum atomic E-state index is -1.22. The molecule has 0 aliphatic rings. The second-order valence-corrected chi connectivity index (χ2v) is 6.47. The lowest BCUT2D eigenvalue weighted by Gasteiger charge is -2.06. The van der Waals surface area contributed by atoms with Crippen LogP contribution in [0.1, 0.15) is 32.7 Å². The summed E-state index contributed by atoms with van der Waals surface area (Å²) in [6, 6.07) is 8.79. The molecule has 1 aromatic heterocycles. The number of fused-ring (bicyclic) bond motifs is 1. The molecule has 26 heavy (non-hydrogen) atoms. The Labute approximate surface area is 154 Å². The highest BCUT2D eigenvalue weighted by Gasteiger charge is 2.23. The van der Waals surface area contributed by atoms with E-state index >= 15 is 0 Å². The van der Waals surface area contributed by atoms with Crippen molar-refractivity contribution in [2.45, 2.75) is 12.8 Å². The number of aromatic nitrogens is 1. The van der Waals surface area contributed by atoms with E-state index in [0.29, 0.717) is 6.42 Å². The summed E-state index contributed by atoms with van der Waals surface area (Å²) in [7, 11) is 1.60. The maximum absolute atomic E-state index is 12.5. The largest absolute Gasteiger partial charge is 0.506 e. The predicted molar refractivity (Wildman–Crippen MR) is 100 cm³/mol. The monoisotopic (exact) mass is 372 g/mol. The van der Waals surface area contributed by atoms with Gasteiger partial charge < -0.3 is 20.5 Å². The van der Waals surface area contributed by atoms with Crippen molar-refractivity contribution in [2.24, 2.45) is 7.05 Å². The van der Waals surface area contributed by atoms with Crippen LogP contribution in [-0.4, -0.2) is 26.5 Å². The third-order valence-electron chi connectivity index (χ3n) is 4.38. The van der Waals surface area contributed by atoms with Gasteiger partial charge in [0.05, 0.1) is 10.6 Å². The topological polar surface area (TPSA) is 106 Å². The summed E-state index contributed by atoms with van der Waals surface area (Å²) in [6.07, 6.45) is 2.05. The van der Waals surface area contributed by atoms with Gasteiger partial charge in [0.2, 0.25) is 0 Å². The number of phenols is 1. The normalized spacial score (nSPS) is 11.0. The second kappa shape index (κ2) is 6.72. The molecule has 0 saturated heterocycles. The first-order valence-corrected chi connectivity index (χ1v) is 8.28. The van der Waals surface area contributed by atoms with Crippen LogP contribution < -0.4 is 5.73 Å². The molecule has 0 radical (unpaired) electrons. The van der Waals surface area contributed by atoms with Gasteiger partial charge in [0, 0.05) is 25.1 Å². The molecule has 0 aliphatic carbocycles. The molecule has 3 aromatic rings. The van der Waals surface area contributed by atoms with E-state index in [2.05, 4.69) is 0 Å². The third-order valence-corrected chi connectivity index (χ3v) is 4.78. The molecule has 0 atom stereocenters. The fraction of sp³-hybridized carbons (Fsp3) is 0.158. The van der Waals surface area contributed by atoms with Crippen LogP contribution in [0.25, 0.3) is 10.8 Å². The van der Waals surface area contributed by atoms with E-state index in [1.807, 2.05) is 12.1 Å². The van der Waals surface area contributed by atoms with Gasteiger partial charge in [-0.2, -0.15) is 0 Å². The molecule has 2 aromatic carbocycles. The number of aromatic carboxylic acids is 1. The van der Waals surface area contributed by atoms with Crippen molar-refractivity contribution >= 4 is 39.9 Å². The molecule has 0 saturated carbocycles. The quantitative estimate of drug-likeness (QED) is 0.593. The predicted octanol–water partition coefficient (Wildman–Crippen LogP) is 3.63. The molecule has 0 bridgehead atoms. The fourth-order valence-electron chi connectivity index (χ4n) is 2.96. The lowest BCUT2D eigenvalue weighted by Crippen LogP contribution is -2.09. The Bertz CT molecular complexity index is 1040. The Hall–Kier alpha value is -2.99. The Morgan fingerprint density at radius 3 is 2.65 bits per heavy atom. The van der Waals surface area contributed by atoms with E-state index in [1.165, 1.54) is 16.8 Å². The van der Waals surface area contributed by atoms with Crippen molar-refractivity contribution in [2.75, 3.05) is 5.73 Å². The lowest BCUT2D eigenvalue weighted by atomic mass is 9.99. The first kappa shape index (κ1) is 17.8. The van der Waals surface area contributed by atoms with Gasteiger partial charge in [0.15, 0.2) is 5.78 Å². The molecule has 7 heteroatoms. The summed E-state index contributed by atoms with van der Waals surface area (Å²) in [5, 5.41) is 20.8. The highest BCUT2D eigenvalue weighted by molar-refractivity contribution is 6.37. The van der Waals surface area contributed by atoms with E-state index in [9.17, 15) is 19.8 Å². The van der Waals surface area contributed by atoms with Gasteiger partial charge >= 0.3 is 5.97 Å². The van der Waals surface area contributed by atoms with Crippen LogP contribution in [-0.2, 0) is 13.5 Å². The summed E-state index contributed by atoms with van der Waals surface area (Å²) in [4.78, 5) is 23.8. The maximum Gasteiger partial charge on any atom is 0.340 e. The van der Waals surface area contributed by atoms with Crippen molar-refractivity contribution < 1.29 is 19.8 Å². The summed E-state index contributed by atoms with van der Waals surface area (Å²) < 4.78 is 1.43. The molecule has 0 spiro atoms. The zero-order valence-electron chi connectivity index (χ0n) is 14.0. The molecule has 1 heterocycles. The van der Waals surface area contributed by atoms with Crippen molar-refractivity contribution in [1.29, 1.82) is 0 Å². The number of anilines is 1. The van der Waals surface area contributed by atoms with Gasteiger partial charge in [-0.05, 0) is 23.4 Å². The van der Waals surface area contributed by atoms with Crippen LogP contribution in [0.3, 0.4) is 0 Å². The van der Waals surface area contributed by atoms with Gasteiger partial charge in [-0.3, -0.25) is 4.79 Å². The maximum atomic E-state index is 12.5. The average molecular weight is 373 g/mol. The number of rotatable bonds is 5. The molecular formula is C19H17ClN2O4. The van der Waals surface area contributed by atoms with E-state index in [0.717, 1.165) is 16.3 Å². The molecular weight excluding hydrogens is 356 g/mol. The number of carbonyl (C=O) groups is 2. The molecule has 0 amide bonds. The van der Waals surface area contributed by atoms with E-state index < -0.39 is 5.97 Å². The number of hydrogen-bond acceptors (Lipinski definition) is 4. The summed E-state index contributed by atoms with van der Waals surface area (Å²) in [6.45, 7) is 0. The van der Waals surface area contributed by atoms with Gasteiger partial charge in [-0.15, -0.1) is 0 Å². The minimum absolute atomic E-state index is 0.0185. The number of carboxylic acid groups (broad SMARTS) is 1. The second-order valence-electron chi connectivity index (χ2n) is 6.10. The Balaban J connectivity index is 1.82. The number of phenolic OH excluding ortho intramolecular Hbond substituents is 1. The Morgan fingerprint density at radius 2 is 1.96 bits per heavy atom. The molecule has 4 N–H and O–H groups in total. The van der Waals surface area contributed by atoms with Crippen molar-refractivity contribution in [3.05, 3.63) is 58.2 Å². The number of aromatic hydroxyl groups is 1. The SMILES string of the molecule is Cn1cc(C(=O)CCc2ccc3c(Cl)c(O)ccc3c2)c(C(=O)O)c1N. The van der Waals surface area contributed by atoms with Crippen LogP contribution in [0, 0.1) is 0 Å². The van der Waals surface area contributed by atoms with Crippen LogP contribution in [0.4, 0.5) is 5.82 Å². The fourth-order valence-corrected chi connectivity index (χ4v) is 3.19. The molecule has 6 nitrogen and oxygen atoms in total. The van der Waals surface area contributed by atoms with Gasteiger partial charge in [0.1, 0.15) is 17.1 Å². The van der Waals surface area contributed by atoms with Crippen LogP contribution in [0.5, 0.6) is 5.75 Å². The number of ketones is 1. The van der Waals surface area contributed by atoms with E-state index in [1.54, 1.807) is 19.2 Å². The summed E-state index contributed by atoms with van der Waals surface area (Å²) in [5.74, 6) is -1.42. The van der Waals surface area contributed by atoms with Crippen molar-refractivity contribution in [1.82, 2.24) is 4.57 Å². The molecule has 0 fully saturated rings. The zero-order chi connectivity index (χ0) is 19.0. The zero-order valence-corrected chi connectivity index (χ0v) is 14.7. The molecule has 0 aliphatic heterocycles. The highest BCUT2D eigenvalue weighted by atomic mass is 35.5. The Morgan fingerprint density at radius 1 is 1.23 bits per heavy atom. The smallest absolute Gasteiger partial charge is 0.340 e. The number of carboxylic acids is 1. The number of halogens is 1. The summed E-state index contributed by atoms with van der Waals surface area (Å²) in [5.41, 5.74) is 6.61. The molecule has 3 rings (SSSR count). The number of nitrogens with zero attached hydrogens (tertiary/aromatic N) is 1. The van der Waals surface area contributed by atoms with Gasteiger partial charge in [-0.1, -0.05) is 35.9 Å². The van der Waals surface area contributed by atoms with E-state index in [4.69, 9.17) is 17.3 Å². The van der Waals surface area contributed by atoms with Crippen molar-refractivity contribution in [3.8, 4) is 5.75 Å². The number of nitrogens with two attached hydrogens (primary N) is 1. The van der Waals surface area contributed by atoms with Gasteiger partial charge in [-0.25, -0.2) is 4.79 Å². The standard InChI is InChI=1S/C19H17ClN2O4/c1-22-9-13(16(18(22)21)19(25)26)14(23)6-3-10-2-5-12-11(8-10)4-7-15(24)17(12)20/h2,4-5,7-9,24H,3,6,21H2,1H3,(H,25,26).